The van der Waals surface area contributed by atoms with E-state index < -0.39 is 12.1 Å². The smallest absolute Gasteiger partial charge is 0.332 e. The fraction of sp³-hybridized carbons (Fsp3) is 0.909. The van der Waals surface area contributed by atoms with E-state index in [-0.39, 0.29) is 5.54 Å². The molecule has 0 saturated heterocycles. The van der Waals surface area contributed by atoms with Gasteiger partial charge in [0.05, 0.1) is 6.61 Å². The van der Waals surface area contributed by atoms with Gasteiger partial charge in [0.1, 0.15) is 0 Å². The summed E-state index contributed by atoms with van der Waals surface area (Å²) in [6.07, 6.45) is 5.84. The Bertz CT molecular complexity index is 210. The first-order chi connectivity index (χ1) is 7.03. The Morgan fingerprint density at radius 3 is 2.40 bits per heavy atom. The number of nitrogens with two attached hydrogens (primary N) is 1. The Morgan fingerprint density at radius 2 is 1.93 bits per heavy atom. The van der Waals surface area contributed by atoms with Crippen LogP contribution in [0.2, 0.25) is 0 Å². The first-order valence-electron chi connectivity index (χ1n) is 5.67. The number of carboxylic acid groups (broad SMARTS) is 1. The maximum atomic E-state index is 10.6. The molecule has 0 radical (unpaired) electrons. The van der Waals surface area contributed by atoms with Crippen LogP contribution in [0.4, 0.5) is 0 Å². The third-order valence-corrected chi connectivity index (χ3v) is 3.07. The Kier molecular flexibility index (Phi) is 4.54. The van der Waals surface area contributed by atoms with Crippen molar-refractivity contribution in [2.45, 2.75) is 57.1 Å². The monoisotopic (exact) mass is 215 g/mol. The van der Waals surface area contributed by atoms with Crippen LogP contribution in [-0.4, -0.2) is 29.3 Å². The zero-order valence-electron chi connectivity index (χ0n) is 9.37. The summed E-state index contributed by atoms with van der Waals surface area (Å²) < 4.78 is 5.28. The summed E-state index contributed by atoms with van der Waals surface area (Å²) in [5.74, 6) is -0.924. The molecule has 0 amide bonds. The number of hydrogen-bond donors (Lipinski definition) is 2. The minimum Gasteiger partial charge on any atom is -0.479 e. The lowest BCUT2D eigenvalue weighted by Crippen LogP contribution is -2.45. The molecule has 15 heavy (non-hydrogen) atoms. The number of hydrogen-bond acceptors (Lipinski definition) is 3. The van der Waals surface area contributed by atoms with Crippen LogP contribution in [0.25, 0.3) is 0 Å². The lowest BCUT2D eigenvalue weighted by atomic mass is 9.92. The van der Waals surface area contributed by atoms with Crippen molar-refractivity contribution < 1.29 is 14.6 Å². The Hall–Kier alpha value is -0.610. The SMILES string of the molecule is CC(OCC1(N)CCCCCC1)C(=O)O. The normalized spacial score (nSPS) is 23.1. The summed E-state index contributed by atoms with van der Waals surface area (Å²) in [4.78, 5) is 10.6. The molecule has 4 heteroatoms. The number of ether oxygens (including phenoxy) is 1. The topological polar surface area (TPSA) is 72.5 Å². The average molecular weight is 215 g/mol. The predicted molar refractivity (Wildman–Crippen MR) is 57.7 cm³/mol. The van der Waals surface area contributed by atoms with E-state index in [2.05, 4.69) is 0 Å². The first-order valence-corrected chi connectivity index (χ1v) is 5.67. The Balaban J connectivity index is 2.37. The van der Waals surface area contributed by atoms with Gasteiger partial charge in [-0.05, 0) is 19.8 Å². The van der Waals surface area contributed by atoms with Crippen molar-refractivity contribution in [3.8, 4) is 0 Å². The van der Waals surface area contributed by atoms with E-state index in [9.17, 15) is 4.79 Å². The van der Waals surface area contributed by atoms with Gasteiger partial charge in [-0.15, -0.1) is 0 Å². The van der Waals surface area contributed by atoms with Crippen LogP contribution in [0.1, 0.15) is 45.4 Å². The molecule has 0 aliphatic heterocycles. The maximum Gasteiger partial charge on any atom is 0.332 e. The molecule has 1 fully saturated rings. The summed E-state index contributed by atoms with van der Waals surface area (Å²) in [5, 5.41) is 8.69. The predicted octanol–water partition coefficient (Wildman–Crippen LogP) is 1.53. The molecule has 1 unspecified atom stereocenters. The highest BCUT2D eigenvalue weighted by Crippen LogP contribution is 2.25. The van der Waals surface area contributed by atoms with E-state index in [0.717, 1.165) is 25.7 Å². The van der Waals surface area contributed by atoms with Crippen molar-refractivity contribution in [3.05, 3.63) is 0 Å². The van der Waals surface area contributed by atoms with Gasteiger partial charge in [0, 0.05) is 5.54 Å². The molecule has 3 N–H and O–H groups in total. The molecule has 88 valence electrons. The molecule has 1 aliphatic carbocycles. The highest BCUT2D eigenvalue weighted by atomic mass is 16.5. The zero-order chi connectivity index (χ0) is 11.3. The fourth-order valence-corrected chi connectivity index (χ4v) is 1.94. The fourth-order valence-electron chi connectivity index (χ4n) is 1.94. The average Bonchev–Trinajstić information content (AvgIpc) is 2.40. The van der Waals surface area contributed by atoms with Crippen LogP contribution >= 0.6 is 0 Å². The largest absolute Gasteiger partial charge is 0.479 e. The summed E-state index contributed by atoms with van der Waals surface area (Å²) in [7, 11) is 0. The van der Waals surface area contributed by atoms with Crippen molar-refractivity contribution in [1.82, 2.24) is 0 Å². The van der Waals surface area contributed by atoms with E-state index in [1.165, 1.54) is 12.8 Å². The highest BCUT2D eigenvalue weighted by Gasteiger charge is 2.28. The van der Waals surface area contributed by atoms with Gasteiger partial charge in [0.15, 0.2) is 6.10 Å². The highest BCUT2D eigenvalue weighted by molar-refractivity contribution is 5.71. The molecule has 1 aliphatic rings. The summed E-state index contributed by atoms with van der Waals surface area (Å²) in [5.41, 5.74) is 5.88. The van der Waals surface area contributed by atoms with Crippen molar-refractivity contribution in [2.24, 2.45) is 5.73 Å². The van der Waals surface area contributed by atoms with Crippen molar-refractivity contribution in [3.63, 3.8) is 0 Å². The van der Waals surface area contributed by atoms with E-state index in [4.69, 9.17) is 15.6 Å². The summed E-state index contributed by atoms with van der Waals surface area (Å²) in [6, 6.07) is 0. The van der Waals surface area contributed by atoms with E-state index >= 15 is 0 Å². The molecule has 1 atom stereocenters. The molecule has 0 aromatic carbocycles. The van der Waals surface area contributed by atoms with Crippen LogP contribution < -0.4 is 5.73 Å². The van der Waals surface area contributed by atoms with E-state index in [1.54, 1.807) is 6.92 Å². The summed E-state index contributed by atoms with van der Waals surface area (Å²) in [6.45, 7) is 1.91. The van der Waals surface area contributed by atoms with E-state index in [0.29, 0.717) is 6.61 Å². The lowest BCUT2D eigenvalue weighted by molar-refractivity contribution is -0.150. The van der Waals surface area contributed by atoms with Crippen LogP contribution in [-0.2, 0) is 9.53 Å². The Morgan fingerprint density at radius 1 is 1.40 bits per heavy atom. The molecule has 0 aromatic rings. The van der Waals surface area contributed by atoms with Gasteiger partial charge < -0.3 is 15.6 Å². The van der Waals surface area contributed by atoms with Crippen molar-refractivity contribution in [1.29, 1.82) is 0 Å². The van der Waals surface area contributed by atoms with Crippen LogP contribution in [0.3, 0.4) is 0 Å². The van der Waals surface area contributed by atoms with Gasteiger partial charge >= 0.3 is 5.97 Å². The maximum absolute atomic E-state index is 10.6. The Labute approximate surface area is 90.8 Å². The molecule has 0 heterocycles. The second kappa shape index (κ2) is 5.47. The van der Waals surface area contributed by atoms with Crippen LogP contribution in [0.5, 0.6) is 0 Å². The quantitative estimate of drug-likeness (QED) is 0.697. The van der Waals surface area contributed by atoms with Gasteiger partial charge in [-0.1, -0.05) is 25.7 Å². The summed E-state index contributed by atoms with van der Waals surface area (Å²) >= 11 is 0. The molecule has 1 saturated carbocycles. The second-order valence-corrected chi connectivity index (χ2v) is 4.57. The van der Waals surface area contributed by atoms with Crippen molar-refractivity contribution in [2.75, 3.05) is 6.61 Å². The van der Waals surface area contributed by atoms with Crippen LogP contribution in [0, 0.1) is 0 Å². The molecule has 4 nitrogen and oxygen atoms in total. The van der Waals surface area contributed by atoms with Crippen molar-refractivity contribution >= 4 is 5.97 Å². The standard InChI is InChI=1S/C11H21NO3/c1-9(10(13)14)15-8-11(12)6-4-2-3-5-7-11/h9H,2-8,12H2,1H3,(H,13,14). The van der Waals surface area contributed by atoms with Gasteiger partial charge in [-0.3, -0.25) is 0 Å². The lowest BCUT2D eigenvalue weighted by Gasteiger charge is -2.28. The third kappa shape index (κ3) is 4.18. The molecular formula is C11H21NO3. The number of rotatable bonds is 4. The number of carboxylic acids is 1. The molecular weight excluding hydrogens is 194 g/mol. The molecule has 0 bridgehead atoms. The minimum atomic E-state index is -0.924. The molecule has 0 aromatic heterocycles. The second-order valence-electron chi connectivity index (χ2n) is 4.57. The number of carbonyl (C=O) groups is 1. The van der Waals surface area contributed by atoms with Gasteiger partial charge in [0.2, 0.25) is 0 Å². The minimum absolute atomic E-state index is 0.305. The molecule has 1 rings (SSSR count). The zero-order valence-corrected chi connectivity index (χ0v) is 9.37. The van der Waals surface area contributed by atoms with E-state index in [1.807, 2.05) is 0 Å². The third-order valence-electron chi connectivity index (χ3n) is 3.07. The first kappa shape index (κ1) is 12.5. The number of aliphatic carboxylic acids is 1. The molecule has 0 spiro atoms. The van der Waals surface area contributed by atoms with Gasteiger partial charge in [-0.25, -0.2) is 4.79 Å². The van der Waals surface area contributed by atoms with Crippen LogP contribution in [0.15, 0.2) is 0 Å². The van der Waals surface area contributed by atoms with Gasteiger partial charge in [-0.2, -0.15) is 0 Å². The van der Waals surface area contributed by atoms with Gasteiger partial charge in [0.25, 0.3) is 0 Å².